The van der Waals surface area contributed by atoms with Crippen molar-refractivity contribution in [2.75, 3.05) is 13.2 Å². The average molecular weight is 240 g/mol. The number of fused-ring (bicyclic) bond motifs is 1. The van der Waals surface area contributed by atoms with Crippen molar-refractivity contribution in [3.8, 4) is 5.75 Å². The third-order valence-corrected chi connectivity index (χ3v) is 3.31. The van der Waals surface area contributed by atoms with Gasteiger partial charge in [-0.3, -0.25) is 0 Å². The molecular weight excluding hydrogens is 222 g/mol. The molecular formula is C13H18ClNO. The Balaban J connectivity index is 2.33. The molecule has 1 unspecified atom stereocenters. The Morgan fingerprint density at radius 1 is 1.50 bits per heavy atom. The minimum absolute atomic E-state index is 0.344. The normalized spacial score (nSPS) is 19.1. The van der Waals surface area contributed by atoms with Crippen LogP contribution in [0.2, 0.25) is 5.02 Å². The maximum Gasteiger partial charge on any atom is 0.128 e. The number of rotatable bonds is 3. The van der Waals surface area contributed by atoms with Crippen molar-refractivity contribution in [2.24, 2.45) is 0 Å². The van der Waals surface area contributed by atoms with E-state index in [1.54, 1.807) is 0 Å². The van der Waals surface area contributed by atoms with E-state index in [9.17, 15) is 0 Å². The van der Waals surface area contributed by atoms with Gasteiger partial charge in [0.15, 0.2) is 0 Å². The lowest BCUT2D eigenvalue weighted by atomic mass is 9.98. The molecule has 0 spiro atoms. The fourth-order valence-electron chi connectivity index (χ4n) is 2.15. The van der Waals surface area contributed by atoms with Gasteiger partial charge in [0.1, 0.15) is 5.75 Å². The molecule has 1 aromatic rings. The van der Waals surface area contributed by atoms with Crippen LogP contribution in [-0.4, -0.2) is 13.2 Å². The number of hydrogen-bond acceptors (Lipinski definition) is 2. The molecule has 2 rings (SSSR count). The monoisotopic (exact) mass is 239 g/mol. The van der Waals surface area contributed by atoms with Crippen LogP contribution in [0.25, 0.3) is 0 Å². The smallest absolute Gasteiger partial charge is 0.128 e. The van der Waals surface area contributed by atoms with Crippen molar-refractivity contribution in [1.82, 2.24) is 5.32 Å². The van der Waals surface area contributed by atoms with Crippen LogP contribution >= 0.6 is 11.6 Å². The summed E-state index contributed by atoms with van der Waals surface area (Å²) in [6.45, 7) is 6.03. The largest absolute Gasteiger partial charge is 0.493 e. The van der Waals surface area contributed by atoms with Crippen molar-refractivity contribution in [2.45, 2.75) is 32.7 Å². The van der Waals surface area contributed by atoms with E-state index in [0.29, 0.717) is 6.04 Å². The molecule has 0 saturated carbocycles. The molecule has 1 atom stereocenters. The average Bonchev–Trinajstić information content (AvgIpc) is 2.31. The Morgan fingerprint density at radius 3 is 3.06 bits per heavy atom. The molecule has 1 aliphatic heterocycles. The molecule has 88 valence electrons. The summed E-state index contributed by atoms with van der Waals surface area (Å²) in [6.07, 6.45) is 2.13. The van der Waals surface area contributed by atoms with Crippen LogP contribution in [0.4, 0.5) is 0 Å². The number of ether oxygens (including phenoxy) is 1. The molecule has 0 radical (unpaired) electrons. The van der Waals surface area contributed by atoms with Crippen LogP contribution in [0.15, 0.2) is 12.1 Å². The van der Waals surface area contributed by atoms with E-state index in [0.717, 1.165) is 42.3 Å². The lowest BCUT2D eigenvalue weighted by molar-refractivity contribution is 0.251. The molecule has 2 nitrogen and oxygen atoms in total. The molecule has 0 fully saturated rings. The highest BCUT2D eigenvalue weighted by molar-refractivity contribution is 6.31. The van der Waals surface area contributed by atoms with Gasteiger partial charge in [-0.15, -0.1) is 0 Å². The molecule has 0 aliphatic carbocycles. The fourth-order valence-corrected chi connectivity index (χ4v) is 2.43. The molecule has 16 heavy (non-hydrogen) atoms. The van der Waals surface area contributed by atoms with E-state index in [1.165, 1.54) is 5.56 Å². The number of halogens is 1. The summed E-state index contributed by atoms with van der Waals surface area (Å²) in [5, 5.41) is 4.34. The van der Waals surface area contributed by atoms with E-state index >= 15 is 0 Å². The SMILES string of the molecule is CCCNC1CCOc2c(C)ccc(Cl)c21. The zero-order valence-corrected chi connectivity index (χ0v) is 10.6. The molecule has 0 aromatic heterocycles. The van der Waals surface area contributed by atoms with Gasteiger partial charge in [0.05, 0.1) is 6.61 Å². The first-order valence-corrected chi connectivity index (χ1v) is 6.27. The number of benzene rings is 1. The van der Waals surface area contributed by atoms with Crippen molar-refractivity contribution >= 4 is 11.6 Å². The molecule has 1 heterocycles. The van der Waals surface area contributed by atoms with Gasteiger partial charge in [0.2, 0.25) is 0 Å². The standard InChI is InChI=1S/C13H18ClNO/c1-3-7-15-11-6-8-16-13-9(2)4-5-10(14)12(11)13/h4-5,11,15H,3,6-8H2,1-2H3. The summed E-state index contributed by atoms with van der Waals surface area (Å²) in [4.78, 5) is 0. The Kier molecular flexibility index (Phi) is 3.72. The lowest BCUT2D eigenvalue weighted by Gasteiger charge is -2.28. The molecule has 3 heteroatoms. The number of hydrogen-bond donors (Lipinski definition) is 1. The highest BCUT2D eigenvalue weighted by Gasteiger charge is 2.24. The third-order valence-electron chi connectivity index (χ3n) is 2.98. The predicted octanol–water partition coefficient (Wildman–Crippen LogP) is 3.47. The predicted molar refractivity (Wildman–Crippen MR) is 67.3 cm³/mol. The molecule has 0 amide bonds. The van der Waals surface area contributed by atoms with Crippen molar-refractivity contribution in [3.63, 3.8) is 0 Å². The zero-order valence-electron chi connectivity index (χ0n) is 9.85. The van der Waals surface area contributed by atoms with Crippen molar-refractivity contribution in [1.29, 1.82) is 0 Å². The number of aryl methyl sites for hydroxylation is 1. The van der Waals surface area contributed by atoms with Crippen molar-refractivity contribution < 1.29 is 4.74 Å². The summed E-state index contributed by atoms with van der Waals surface area (Å²) in [7, 11) is 0. The second kappa shape index (κ2) is 5.07. The topological polar surface area (TPSA) is 21.3 Å². The van der Waals surface area contributed by atoms with E-state index in [-0.39, 0.29) is 0 Å². The zero-order chi connectivity index (χ0) is 11.5. The summed E-state index contributed by atoms with van der Waals surface area (Å²) in [6, 6.07) is 4.32. The van der Waals surface area contributed by atoms with E-state index < -0.39 is 0 Å². The van der Waals surface area contributed by atoms with Gasteiger partial charge < -0.3 is 10.1 Å². The van der Waals surface area contributed by atoms with Gasteiger partial charge >= 0.3 is 0 Å². The van der Waals surface area contributed by atoms with Gasteiger partial charge in [0.25, 0.3) is 0 Å². The van der Waals surface area contributed by atoms with E-state index in [2.05, 4.69) is 19.2 Å². The minimum Gasteiger partial charge on any atom is -0.493 e. The Hall–Kier alpha value is -0.730. The van der Waals surface area contributed by atoms with E-state index in [1.807, 2.05) is 12.1 Å². The minimum atomic E-state index is 0.344. The second-order valence-electron chi connectivity index (χ2n) is 4.25. The maximum atomic E-state index is 6.27. The van der Waals surface area contributed by atoms with Gasteiger partial charge in [-0.25, -0.2) is 0 Å². The van der Waals surface area contributed by atoms with Crippen LogP contribution in [0.1, 0.15) is 36.9 Å². The van der Waals surface area contributed by atoms with Crippen LogP contribution in [0.5, 0.6) is 5.75 Å². The quantitative estimate of drug-likeness (QED) is 0.872. The number of nitrogens with one attached hydrogen (secondary N) is 1. The lowest BCUT2D eigenvalue weighted by Crippen LogP contribution is -2.28. The molecule has 1 aliphatic rings. The first kappa shape index (κ1) is 11.7. The van der Waals surface area contributed by atoms with Crippen LogP contribution in [0, 0.1) is 6.92 Å². The van der Waals surface area contributed by atoms with Crippen LogP contribution in [-0.2, 0) is 0 Å². The first-order valence-electron chi connectivity index (χ1n) is 5.89. The molecule has 1 N–H and O–H groups in total. The summed E-state index contributed by atoms with van der Waals surface area (Å²) < 4.78 is 5.72. The Morgan fingerprint density at radius 2 is 2.31 bits per heavy atom. The Bertz CT molecular complexity index is 378. The van der Waals surface area contributed by atoms with Crippen LogP contribution in [0.3, 0.4) is 0 Å². The van der Waals surface area contributed by atoms with E-state index in [4.69, 9.17) is 16.3 Å². The fraction of sp³-hybridized carbons (Fsp3) is 0.538. The van der Waals surface area contributed by atoms with Crippen molar-refractivity contribution in [3.05, 3.63) is 28.3 Å². The highest BCUT2D eigenvalue weighted by atomic mass is 35.5. The van der Waals surface area contributed by atoms with Gasteiger partial charge in [0, 0.05) is 23.0 Å². The summed E-state index contributed by atoms with van der Waals surface area (Å²) in [5.41, 5.74) is 2.31. The maximum absolute atomic E-state index is 6.27. The van der Waals surface area contributed by atoms with Gasteiger partial charge in [-0.2, -0.15) is 0 Å². The third kappa shape index (κ3) is 2.18. The summed E-state index contributed by atoms with van der Waals surface area (Å²) >= 11 is 6.27. The first-order chi connectivity index (χ1) is 7.74. The van der Waals surface area contributed by atoms with Gasteiger partial charge in [-0.1, -0.05) is 24.6 Å². The molecule has 1 aromatic carbocycles. The van der Waals surface area contributed by atoms with Gasteiger partial charge in [-0.05, 0) is 31.5 Å². The second-order valence-corrected chi connectivity index (χ2v) is 4.66. The molecule has 0 saturated heterocycles. The molecule has 0 bridgehead atoms. The highest BCUT2D eigenvalue weighted by Crippen LogP contribution is 2.39. The van der Waals surface area contributed by atoms with Crippen LogP contribution < -0.4 is 10.1 Å². The summed E-state index contributed by atoms with van der Waals surface area (Å²) in [5.74, 6) is 0.979. The Labute approximate surface area is 102 Å².